The number of methoxy groups -OCH3 is 1. The van der Waals surface area contributed by atoms with E-state index in [9.17, 15) is 4.79 Å². The van der Waals surface area contributed by atoms with Crippen LogP contribution in [-0.4, -0.2) is 43.8 Å². The van der Waals surface area contributed by atoms with Gasteiger partial charge in [-0.25, -0.2) is 4.79 Å². The van der Waals surface area contributed by atoms with Crippen molar-refractivity contribution in [3.05, 3.63) is 29.8 Å². The molecule has 0 unspecified atom stereocenters. The monoisotopic (exact) mass is 270 g/mol. The number of benzene rings is 1. The first-order valence-corrected chi connectivity index (χ1v) is 6.75. The molecule has 0 atom stereocenters. The van der Waals surface area contributed by atoms with Crippen LogP contribution in [0.2, 0.25) is 0 Å². The van der Waals surface area contributed by atoms with Crippen molar-refractivity contribution in [2.24, 2.45) is 0 Å². The van der Waals surface area contributed by atoms with Crippen LogP contribution < -0.4 is 0 Å². The van der Waals surface area contributed by atoms with E-state index in [1.807, 2.05) is 12.1 Å². The van der Waals surface area contributed by atoms with Crippen LogP contribution in [0.25, 0.3) is 0 Å². The van der Waals surface area contributed by atoms with Crippen molar-refractivity contribution in [3.63, 3.8) is 0 Å². The van der Waals surface area contributed by atoms with Crippen LogP contribution in [0.1, 0.15) is 16.8 Å². The summed E-state index contributed by atoms with van der Waals surface area (Å²) in [6.07, 6.45) is 0.967. The second-order valence-corrected chi connectivity index (χ2v) is 4.81. The summed E-state index contributed by atoms with van der Waals surface area (Å²) in [5.74, 6) is 0.0671. The van der Waals surface area contributed by atoms with E-state index in [1.165, 1.54) is 0 Å². The van der Waals surface area contributed by atoms with Crippen LogP contribution in [0.3, 0.4) is 0 Å². The molecule has 1 N–H and O–H groups in total. The zero-order valence-electron chi connectivity index (χ0n) is 10.4. The number of ether oxygens (including phenoxy) is 2. The minimum absolute atomic E-state index is 0.322. The second kappa shape index (κ2) is 8.97. The Morgan fingerprint density at radius 1 is 1.22 bits per heavy atom. The summed E-state index contributed by atoms with van der Waals surface area (Å²) in [4.78, 5) is 11.7. The zero-order chi connectivity index (χ0) is 13.2. The first kappa shape index (κ1) is 15.0. The fourth-order valence-electron chi connectivity index (χ4n) is 1.29. The molecule has 0 heterocycles. The molecule has 1 aromatic rings. The van der Waals surface area contributed by atoms with Gasteiger partial charge in [-0.1, -0.05) is 0 Å². The van der Waals surface area contributed by atoms with E-state index in [2.05, 4.69) is 0 Å². The predicted octanol–water partition coefficient (Wildman–Crippen LogP) is 2.53. The van der Waals surface area contributed by atoms with Gasteiger partial charge in [0, 0.05) is 24.4 Å². The molecule has 0 amide bonds. The van der Waals surface area contributed by atoms with Gasteiger partial charge in [0.2, 0.25) is 0 Å². The smallest absolute Gasteiger partial charge is 0.335 e. The van der Waals surface area contributed by atoms with E-state index in [-0.39, 0.29) is 0 Å². The molecule has 0 aliphatic carbocycles. The van der Waals surface area contributed by atoms with E-state index in [0.717, 1.165) is 23.7 Å². The van der Waals surface area contributed by atoms with Gasteiger partial charge in [-0.3, -0.25) is 0 Å². The summed E-state index contributed by atoms with van der Waals surface area (Å²) in [6.45, 7) is 1.99. The Kier molecular flexibility index (Phi) is 7.48. The third kappa shape index (κ3) is 6.05. The van der Waals surface area contributed by atoms with Crippen molar-refractivity contribution in [1.82, 2.24) is 0 Å². The highest BCUT2D eigenvalue weighted by molar-refractivity contribution is 7.99. The van der Waals surface area contributed by atoms with Gasteiger partial charge in [0.15, 0.2) is 0 Å². The van der Waals surface area contributed by atoms with Gasteiger partial charge in [-0.2, -0.15) is 0 Å². The highest BCUT2D eigenvalue weighted by Gasteiger charge is 2.01. The average molecular weight is 270 g/mol. The lowest BCUT2D eigenvalue weighted by molar-refractivity contribution is 0.0697. The summed E-state index contributed by atoms with van der Waals surface area (Å²) in [5, 5.41) is 8.76. The molecule has 18 heavy (non-hydrogen) atoms. The molecule has 0 aliphatic heterocycles. The first-order valence-electron chi connectivity index (χ1n) is 5.77. The molecule has 1 rings (SSSR count). The molecule has 0 saturated heterocycles. The van der Waals surface area contributed by atoms with Crippen LogP contribution in [-0.2, 0) is 9.47 Å². The number of carboxylic acid groups (broad SMARTS) is 1. The van der Waals surface area contributed by atoms with E-state index < -0.39 is 5.97 Å². The van der Waals surface area contributed by atoms with Gasteiger partial charge in [-0.05, 0) is 30.7 Å². The number of rotatable bonds is 9. The van der Waals surface area contributed by atoms with Gasteiger partial charge in [-0.15, -0.1) is 11.8 Å². The van der Waals surface area contributed by atoms with Gasteiger partial charge >= 0.3 is 5.97 Å². The van der Waals surface area contributed by atoms with Crippen molar-refractivity contribution in [3.8, 4) is 0 Å². The van der Waals surface area contributed by atoms with Crippen molar-refractivity contribution >= 4 is 17.7 Å². The second-order valence-electron chi connectivity index (χ2n) is 3.64. The molecule has 0 fully saturated rings. The number of thioether (sulfide) groups is 1. The summed E-state index contributed by atoms with van der Waals surface area (Å²) in [6, 6.07) is 6.92. The molecule has 0 bridgehead atoms. The minimum Gasteiger partial charge on any atom is -0.478 e. The summed E-state index contributed by atoms with van der Waals surface area (Å²) >= 11 is 1.70. The summed E-state index contributed by atoms with van der Waals surface area (Å²) in [5.41, 5.74) is 0.322. The van der Waals surface area contributed by atoms with E-state index in [4.69, 9.17) is 14.6 Å². The molecule has 0 aromatic heterocycles. The van der Waals surface area contributed by atoms with Crippen LogP contribution in [0.4, 0.5) is 0 Å². The maximum atomic E-state index is 10.7. The predicted molar refractivity (Wildman–Crippen MR) is 71.4 cm³/mol. The van der Waals surface area contributed by atoms with Gasteiger partial charge in [0.1, 0.15) is 0 Å². The van der Waals surface area contributed by atoms with Crippen LogP contribution in [0, 0.1) is 0 Å². The Morgan fingerprint density at radius 3 is 2.56 bits per heavy atom. The molecule has 4 nitrogen and oxygen atoms in total. The Hall–Kier alpha value is -1.04. The Morgan fingerprint density at radius 2 is 1.94 bits per heavy atom. The number of carbonyl (C=O) groups is 1. The van der Waals surface area contributed by atoms with Gasteiger partial charge in [0.05, 0.1) is 18.8 Å². The summed E-state index contributed by atoms with van der Waals surface area (Å²) < 4.78 is 10.2. The Bertz CT molecular complexity index is 351. The summed E-state index contributed by atoms with van der Waals surface area (Å²) in [7, 11) is 1.65. The quantitative estimate of drug-likeness (QED) is 0.552. The Labute approximate surface area is 111 Å². The lowest BCUT2D eigenvalue weighted by atomic mass is 10.2. The van der Waals surface area contributed by atoms with Crippen molar-refractivity contribution in [2.45, 2.75) is 11.3 Å². The Balaban J connectivity index is 2.14. The topological polar surface area (TPSA) is 55.8 Å². The number of carboxylic acids is 1. The highest BCUT2D eigenvalue weighted by atomic mass is 32.2. The van der Waals surface area contributed by atoms with E-state index in [0.29, 0.717) is 18.8 Å². The van der Waals surface area contributed by atoms with Gasteiger partial charge < -0.3 is 14.6 Å². The maximum absolute atomic E-state index is 10.7. The third-order valence-corrected chi connectivity index (χ3v) is 3.33. The fraction of sp³-hybridized carbons (Fsp3) is 0.462. The highest BCUT2D eigenvalue weighted by Crippen LogP contribution is 2.19. The first-order chi connectivity index (χ1) is 8.74. The lowest BCUT2D eigenvalue weighted by Crippen LogP contribution is -2.03. The number of hydrogen-bond acceptors (Lipinski definition) is 4. The lowest BCUT2D eigenvalue weighted by Gasteiger charge is -2.04. The van der Waals surface area contributed by atoms with Gasteiger partial charge in [0.25, 0.3) is 0 Å². The number of aromatic carboxylic acids is 1. The number of hydrogen-bond donors (Lipinski definition) is 1. The maximum Gasteiger partial charge on any atom is 0.335 e. The standard InChI is InChI=1S/C13H18O4S/c1-16-8-9-17-7-2-10-18-12-5-3-11(4-6-12)13(14)15/h3-6H,2,7-10H2,1H3,(H,14,15). The van der Waals surface area contributed by atoms with Crippen molar-refractivity contribution in [2.75, 3.05) is 32.7 Å². The molecular formula is C13H18O4S. The van der Waals surface area contributed by atoms with Crippen LogP contribution in [0.15, 0.2) is 29.2 Å². The SMILES string of the molecule is COCCOCCCSc1ccc(C(=O)O)cc1. The average Bonchev–Trinajstić information content (AvgIpc) is 2.38. The van der Waals surface area contributed by atoms with Crippen LogP contribution >= 0.6 is 11.8 Å². The van der Waals surface area contributed by atoms with Crippen molar-refractivity contribution in [1.29, 1.82) is 0 Å². The molecule has 0 spiro atoms. The zero-order valence-corrected chi connectivity index (χ0v) is 11.2. The van der Waals surface area contributed by atoms with E-state index >= 15 is 0 Å². The third-order valence-electron chi connectivity index (χ3n) is 2.23. The largest absolute Gasteiger partial charge is 0.478 e. The molecule has 0 aliphatic rings. The normalized spacial score (nSPS) is 10.5. The molecular weight excluding hydrogens is 252 g/mol. The minimum atomic E-state index is -0.891. The molecule has 0 radical (unpaired) electrons. The molecule has 100 valence electrons. The van der Waals surface area contributed by atoms with Crippen molar-refractivity contribution < 1.29 is 19.4 Å². The fourth-order valence-corrected chi connectivity index (χ4v) is 2.12. The van der Waals surface area contributed by atoms with E-state index in [1.54, 1.807) is 31.0 Å². The molecule has 1 aromatic carbocycles. The molecule has 0 saturated carbocycles. The van der Waals surface area contributed by atoms with Crippen LogP contribution in [0.5, 0.6) is 0 Å². The molecule has 5 heteroatoms.